The molecule has 0 atom stereocenters. The monoisotopic (exact) mass is 340 g/mol. The fraction of sp³-hybridized carbons (Fsp3) is 0.200. The van der Waals surface area contributed by atoms with E-state index in [2.05, 4.69) is 0 Å². The molecule has 2 aromatic rings. The molecule has 0 radical (unpaired) electrons. The highest BCUT2D eigenvalue weighted by atomic mass is 16.5. The van der Waals surface area contributed by atoms with Gasteiger partial charge in [-0.25, -0.2) is 4.79 Å². The first-order chi connectivity index (χ1) is 12.1. The van der Waals surface area contributed by atoms with E-state index in [0.29, 0.717) is 23.5 Å². The number of ether oxygens (including phenoxy) is 2. The van der Waals surface area contributed by atoms with Crippen molar-refractivity contribution in [3.8, 4) is 5.75 Å². The van der Waals surface area contributed by atoms with E-state index in [1.54, 1.807) is 61.5 Å². The third kappa shape index (κ3) is 5.58. The van der Waals surface area contributed by atoms with E-state index in [4.69, 9.17) is 14.6 Å². The molecule has 0 bridgehead atoms. The van der Waals surface area contributed by atoms with Crippen molar-refractivity contribution in [3.63, 3.8) is 0 Å². The largest absolute Gasteiger partial charge is 0.491 e. The molecule has 0 aliphatic heterocycles. The molecular weight excluding hydrogens is 320 g/mol. The summed E-state index contributed by atoms with van der Waals surface area (Å²) in [6.07, 6.45) is 2.99. The Balaban J connectivity index is 2.03. The number of rotatable bonds is 8. The maximum absolute atomic E-state index is 12.5. The van der Waals surface area contributed by atoms with Gasteiger partial charge in [-0.2, -0.15) is 0 Å². The molecule has 0 heterocycles. The highest BCUT2D eigenvalue weighted by Crippen LogP contribution is 2.16. The first kappa shape index (κ1) is 18.4. The van der Waals surface area contributed by atoms with Gasteiger partial charge in [0.1, 0.15) is 12.4 Å². The molecule has 5 heteroatoms. The van der Waals surface area contributed by atoms with Crippen LogP contribution in [-0.4, -0.2) is 36.7 Å². The summed E-state index contributed by atoms with van der Waals surface area (Å²) in [5.41, 5.74) is 1.90. The first-order valence-corrected chi connectivity index (χ1v) is 7.97. The number of hydrogen-bond donors (Lipinski definition) is 1. The maximum atomic E-state index is 12.5. The summed E-state index contributed by atoms with van der Waals surface area (Å²) in [5, 5.41) is 8.73. The Morgan fingerprint density at radius 3 is 2.16 bits per heavy atom. The summed E-state index contributed by atoms with van der Waals surface area (Å²) in [7, 11) is 0. The molecule has 25 heavy (non-hydrogen) atoms. The topological polar surface area (TPSA) is 72.8 Å². The standard InChI is InChI=1S/C20H20O5/c1-2-24-19(22)12-5-15-3-6-16(7-4-15)20(23)17-8-10-18(11-9-17)25-14-13-21/h3-12,21H,2,13-14H2,1H3/b12-5+. The van der Waals surface area contributed by atoms with E-state index < -0.39 is 5.97 Å². The van der Waals surface area contributed by atoms with Gasteiger partial charge >= 0.3 is 5.97 Å². The molecule has 130 valence electrons. The van der Waals surface area contributed by atoms with Crippen LogP contribution in [0.15, 0.2) is 54.6 Å². The van der Waals surface area contributed by atoms with Crippen molar-refractivity contribution in [2.75, 3.05) is 19.8 Å². The van der Waals surface area contributed by atoms with Crippen molar-refractivity contribution in [2.24, 2.45) is 0 Å². The van der Waals surface area contributed by atoms with Crippen LogP contribution in [0.25, 0.3) is 6.08 Å². The second-order valence-electron chi connectivity index (χ2n) is 5.13. The molecule has 0 aliphatic rings. The van der Waals surface area contributed by atoms with Gasteiger partial charge in [-0.15, -0.1) is 0 Å². The van der Waals surface area contributed by atoms with Crippen LogP contribution in [0.2, 0.25) is 0 Å². The number of aliphatic hydroxyl groups is 1. The molecule has 0 saturated heterocycles. The third-order valence-electron chi connectivity index (χ3n) is 3.35. The molecule has 0 spiro atoms. The van der Waals surface area contributed by atoms with Crippen LogP contribution in [-0.2, 0) is 9.53 Å². The Morgan fingerprint density at radius 1 is 1.00 bits per heavy atom. The van der Waals surface area contributed by atoms with E-state index in [9.17, 15) is 9.59 Å². The summed E-state index contributed by atoms with van der Waals surface area (Å²) in [6, 6.07) is 13.7. The van der Waals surface area contributed by atoms with Crippen molar-refractivity contribution in [1.82, 2.24) is 0 Å². The molecule has 0 fully saturated rings. The van der Waals surface area contributed by atoms with Crippen LogP contribution < -0.4 is 4.74 Å². The van der Waals surface area contributed by atoms with Crippen LogP contribution in [0, 0.1) is 0 Å². The SMILES string of the molecule is CCOC(=O)/C=C/c1ccc(C(=O)c2ccc(OCCO)cc2)cc1. The predicted octanol–water partition coefficient (Wildman–Crippen LogP) is 2.87. The number of aliphatic hydroxyl groups excluding tert-OH is 1. The first-order valence-electron chi connectivity index (χ1n) is 7.97. The molecule has 0 aromatic heterocycles. The van der Waals surface area contributed by atoms with Gasteiger partial charge in [-0.3, -0.25) is 4.79 Å². The smallest absolute Gasteiger partial charge is 0.330 e. The number of carbonyl (C=O) groups excluding carboxylic acids is 2. The normalized spacial score (nSPS) is 10.6. The van der Waals surface area contributed by atoms with Crippen LogP contribution in [0.1, 0.15) is 28.4 Å². The minimum atomic E-state index is -0.397. The zero-order valence-electron chi connectivity index (χ0n) is 14.0. The molecular formula is C20H20O5. The van der Waals surface area contributed by atoms with Crippen molar-refractivity contribution >= 4 is 17.8 Å². The van der Waals surface area contributed by atoms with E-state index in [1.165, 1.54) is 6.08 Å². The van der Waals surface area contributed by atoms with Gasteiger partial charge in [0.15, 0.2) is 5.78 Å². The van der Waals surface area contributed by atoms with Gasteiger partial charge in [0.2, 0.25) is 0 Å². The average molecular weight is 340 g/mol. The van der Waals surface area contributed by atoms with Gasteiger partial charge in [0.05, 0.1) is 13.2 Å². The van der Waals surface area contributed by atoms with Crippen molar-refractivity contribution in [3.05, 3.63) is 71.3 Å². The molecule has 0 unspecified atom stereocenters. The van der Waals surface area contributed by atoms with Gasteiger partial charge < -0.3 is 14.6 Å². The molecule has 0 aliphatic carbocycles. The Bertz CT molecular complexity index is 730. The number of benzene rings is 2. The highest BCUT2D eigenvalue weighted by molar-refractivity contribution is 6.09. The molecule has 1 N–H and O–H groups in total. The zero-order chi connectivity index (χ0) is 18.1. The van der Waals surface area contributed by atoms with Crippen LogP contribution in [0.3, 0.4) is 0 Å². The molecule has 0 saturated carbocycles. The Labute approximate surface area is 146 Å². The predicted molar refractivity (Wildman–Crippen MR) is 94.6 cm³/mol. The van der Waals surface area contributed by atoms with Gasteiger partial charge in [0, 0.05) is 17.2 Å². The Kier molecular flexibility index (Phi) is 6.92. The number of carbonyl (C=O) groups is 2. The summed E-state index contributed by atoms with van der Waals surface area (Å²) in [4.78, 5) is 23.7. The van der Waals surface area contributed by atoms with Gasteiger partial charge in [0.25, 0.3) is 0 Å². The summed E-state index contributed by atoms with van der Waals surface area (Å²) in [5.74, 6) is 0.103. The molecule has 5 nitrogen and oxygen atoms in total. The second-order valence-corrected chi connectivity index (χ2v) is 5.13. The fourth-order valence-corrected chi connectivity index (χ4v) is 2.13. The van der Waals surface area contributed by atoms with E-state index in [0.717, 1.165) is 5.56 Å². The van der Waals surface area contributed by atoms with Crippen molar-refractivity contribution in [1.29, 1.82) is 0 Å². The van der Waals surface area contributed by atoms with Crippen LogP contribution >= 0.6 is 0 Å². The minimum Gasteiger partial charge on any atom is -0.491 e. The number of hydrogen-bond acceptors (Lipinski definition) is 5. The summed E-state index contributed by atoms with van der Waals surface area (Å²) >= 11 is 0. The Morgan fingerprint density at radius 2 is 1.60 bits per heavy atom. The lowest BCUT2D eigenvalue weighted by atomic mass is 10.0. The highest BCUT2D eigenvalue weighted by Gasteiger charge is 2.09. The third-order valence-corrected chi connectivity index (χ3v) is 3.35. The van der Waals surface area contributed by atoms with Gasteiger partial charge in [-0.1, -0.05) is 24.3 Å². The van der Waals surface area contributed by atoms with Gasteiger partial charge in [-0.05, 0) is 42.8 Å². The van der Waals surface area contributed by atoms with E-state index in [-0.39, 0.29) is 19.0 Å². The maximum Gasteiger partial charge on any atom is 0.330 e. The Hall–Kier alpha value is -2.92. The minimum absolute atomic E-state index is 0.0579. The molecule has 2 rings (SSSR count). The lowest BCUT2D eigenvalue weighted by Crippen LogP contribution is -2.03. The quantitative estimate of drug-likeness (QED) is 0.454. The van der Waals surface area contributed by atoms with Crippen molar-refractivity contribution in [2.45, 2.75) is 6.92 Å². The number of esters is 1. The van der Waals surface area contributed by atoms with Crippen LogP contribution in [0.4, 0.5) is 0 Å². The lowest BCUT2D eigenvalue weighted by molar-refractivity contribution is -0.137. The summed E-state index contributed by atoms with van der Waals surface area (Å²) in [6.45, 7) is 2.24. The molecule has 2 aromatic carbocycles. The van der Waals surface area contributed by atoms with Crippen molar-refractivity contribution < 1.29 is 24.2 Å². The lowest BCUT2D eigenvalue weighted by Gasteiger charge is -2.06. The summed E-state index contributed by atoms with van der Waals surface area (Å²) < 4.78 is 10.1. The fourth-order valence-electron chi connectivity index (χ4n) is 2.13. The molecule has 0 amide bonds. The van der Waals surface area contributed by atoms with E-state index in [1.807, 2.05) is 0 Å². The van der Waals surface area contributed by atoms with E-state index >= 15 is 0 Å². The van der Waals surface area contributed by atoms with Crippen LogP contribution in [0.5, 0.6) is 5.75 Å². The zero-order valence-corrected chi connectivity index (χ0v) is 14.0. The number of ketones is 1. The second kappa shape index (κ2) is 9.39. The average Bonchev–Trinajstić information content (AvgIpc) is 2.65.